The third kappa shape index (κ3) is 4.26. The van der Waals surface area contributed by atoms with Gasteiger partial charge < -0.3 is 0 Å². The number of hydrogen-bond acceptors (Lipinski definition) is 2. The van der Waals surface area contributed by atoms with Gasteiger partial charge in [0.05, 0.1) is 6.07 Å². The second-order valence-corrected chi connectivity index (χ2v) is 2.73. The molecule has 0 rings (SSSR count). The second kappa shape index (κ2) is 3.71. The SMILES string of the molecule is CC(C)(C#N)NCCCl. The van der Waals surface area contributed by atoms with E-state index in [0.29, 0.717) is 12.4 Å². The van der Waals surface area contributed by atoms with Gasteiger partial charge in [-0.25, -0.2) is 0 Å². The predicted octanol–water partition coefficient (Wildman–Crippen LogP) is 1.12. The first kappa shape index (κ1) is 8.74. The average molecular weight is 147 g/mol. The molecular weight excluding hydrogens is 136 g/mol. The zero-order valence-corrected chi connectivity index (χ0v) is 6.50. The van der Waals surface area contributed by atoms with Crippen LogP contribution in [-0.2, 0) is 0 Å². The van der Waals surface area contributed by atoms with E-state index in [-0.39, 0.29) is 0 Å². The van der Waals surface area contributed by atoms with Crippen molar-refractivity contribution in [1.82, 2.24) is 5.32 Å². The molecule has 0 saturated heterocycles. The topological polar surface area (TPSA) is 35.8 Å². The van der Waals surface area contributed by atoms with Crippen LogP contribution in [0.4, 0.5) is 0 Å². The molecule has 0 saturated carbocycles. The van der Waals surface area contributed by atoms with E-state index >= 15 is 0 Å². The molecule has 0 spiro atoms. The molecule has 0 atom stereocenters. The van der Waals surface area contributed by atoms with Crippen LogP contribution >= 0.6 is 11.6 Å². The minimum atomic E-state index is -0.436. The van der Waals surface area contributed by atoms with Crippen molar-refractivity contribution in [2.75, 3.05) is 12.4 Å². The number of nitrogens with one attached hydrogen (secondary N) is 1. The van der Waals surface area contributed by atoms with Crippen LogP contribution in [0.5, 0.6) is 0 Å². The summed E-state index contributed by atoms with van der Waals surface area (Å²) in [6.45, 7) is 4.32. The van der Waals surface area contributed by atoms with Crippen LogP contribution in [0.1, 0.15) is 13.8 Å². The summed E-state index contributed by atoms with van der Waals surface area (Å²) in [4.78, 5) is 0. The van der Waals surface area contributed by atoms with Gasteiger partial charge in [0.15, 0.2) is 0 Å². The second-order valence-electron chi connectivity index (χ2n) is 2.35. The molecule has 0 aliphatic carbocycles. The quantitative estimate of drug-likeness (QED) is 0.606. The van der Waals surface area contributed by atoms with Crippen molar-refractivity contribution in [2.24, 2.45) is 0 Å². The molecule has 0 amide bonds. The lowest BCUT2D eigenvalue weighted by atomic mass is 10.1. The Labute approximate surface area is 60.8 Å². The van der Waals surface area contributed by atoms with Crippen LogP contribution in [-0.4, -0.2) is 18.0 Å². The molecule has 52 valence electrons. The van der Waals surface area contributed by atoms with Crippen molar-refractivity contribution >= 4 is 11.6 Å². The third-order valence-corrected chi connectivity index (χ3v) is 1.13. The Bertz CT molecular complexity index is 115. The Hall–Kier alpha value is -0.260. The van der Waals surface area contributed by atoms with E-state index in [2.05, 4.69) is 11.4 Å². The van der Waals surface area contributed by atoms with Gasteiger partial charge in [0.1, 0.15) is 5.54 Å². The summed E-state index contributed by atoms with van der Waals surface area (Å²) in [6.07, 6.45) is 0. The number of alkyl halides is 1. The summed E-state index contributed by atoms with van der Waals surface area (Å²) < 4.78 is 0. The molecule has 0 aliphatic rings. The van der Waals surface area contributed by atoms with Crippen molar-refractivity contribution in [3.05, 3.63) is 0 Å². The highest BCUT2D eigenvalue weighted by atomic mass is 35.5. The number of hydrogen-bond donors (Lipinski definition) is 1. The van der Waals surface area contributed by atoms with Gasteiger partial charge in [0.2, 0.25) is 0 Å². The van der Waals surface area contributed by atoms with Gasteiger partial charge in [-0.1, -0.05) is 0 Å². The zero-order chi connectivity index (χ0) is 7.33. The van der Waals surface area contributed by atoms with E-state index in [4.69, 9.17) is 16.9 Å². The molecule has 1 N–H and O–H groups in total. The molecule has 0 bridgehead atoms. The van der Waals surface area contributed by atoms with Crippen molar-refractivity contribution in [3.8, 4) is 6.07 Å². The van der Waals surface area contributed by atoms with Crippen molar-refractivity contribution in [1.29, 1.82) is 5.26 Å². The Morgan fingerprint density at radius 1 is 1.67 bits per heavy atom. The molecular formula is C6H11ClN2. The highest BCUT2D eigenvalue weighted by Crippen LogP contribution is 1.97. The van der Waals surface area contributed by atoms with Crippen molar-refractivity contribution in [3.63, 3.8) is 0 Å². The predicted molar refractivity (Wildman–Crippen MR) is 38.4 cm³/mol. The first-order chi connectivity index (χ1) is 4.12. The Balaban J connectivity index is 3.49. The summed E-state index contributed by atoms with van der Waals surface area (Å²) in [5.74, 6) is 0.547. The molecule has 0 radical (unpaired) electrons. The first-order valence-electron chi connectivity index (χ1n) is 2.84. The fourth-order valence-electron chi connectivity index (χ4n) is 0.399. The minimum absolute atomic E-state index is 0.436. The van der Waals surface area contributed by atoms with Crippen LogP contribution in [0.15, 0.2) is 0 Å². The number of nitrogens with zero attached hydrogens (tertiary/aromatic N) is 1. The summed E-state index contributed by atoms with van der Waals surface area (Å²) in [5.41, 5.74) is -0.436. The minimum Gasteiger partial charge on any atom is -0.299 e. The summed E-state index contributed by atoms with van der Waals surface area (Å²) in [6, 6.07) is 2.11. The van der Waals surface area contributed by atoms with Gasteiger partial charge in [-0.3, -0.25) is 5.32 Å². The summed E-state index contributed by atoms with van der Waals surface area (Å²) >= 11 is 5.39. The van der Waals surface area contributed by atoms with Gasteiger partial charge in [0.25, 0.3) is 0 Å². The fourth-order valence-corrected chi connectivity index (χ4v) is 0.494. The van der Waals surface area contributed by atoms with Crippen LogP contribution in [0.25, 0.3) is 0 Å². The molecule has 0 aliphatic heterocycles. The maximum absolute atomic E-state index is 8.47. The normalized spacial score (nSPS) is 10.9. The van der Waals surface area contributed by atoms with Crippen molar-refractivity contribution in [2.45, 2.75) is 19.4 Å². The number of nitriles is 1. The monoisotopic (exact) mass is 146 g/mol. The highest BCUT2D eigenvalue weighted by Gasteiger charge is 2.13. The van der Waals surface area contributed by atoms with Crippen LogP contribution in [0, 0.1) is 11.3 Å². The van der Waals surface area contributed by atoms with Crippen LogP contribution < -0.4 is 5.32 Å². The Morgan fingerprint density at radius 2 is 2.22 bits per heavy atom. The number of halogens is 1. The van der Waals surface area contributed by atoms with Gasteiger partial charge >= 0.3 is 0 Å². The Morgan fingerprint density at radius 3 is 2.56 bits per heavy atom. The van der Waals surface area contributed by atoms with E-state index in [1.54, 1.807) is 0 Å². The molecule has 3 heteroatoms. The highest BCUT2D eigenvalue weighted by molar-refractivity contribution is 6.18. The van der Waals surface area contributed by atoms with Crippen molar-refractivity contribution < 1.29 is 0 Å². The third-order valence-electron chi connectivity index (χ3n) is 0.941. The van der Waals surface area contributed by atoms with Crippen LogP contribution in [0.2, 0.25) is 0 Å². The van der Waals surface area contributed by atoms with Crippen LogP contribution in [0.3, 0.4) is 0 Å². The molecule has 0 aromatic carbocycles. The number of rotatable bonds is 3. The van der Waals surface area contributed by atoms with E-state index in [0.717, 1.165) is 0 Å². The van der Waals surface area contributed by atoms with Gasteiger partial charge in [-0.05, 0) is 13.8 Å². The molecule has 0 aromatic rings. The first-order valence-corrected chi connectivity index (χ1v) is 3.38. The molecule has 0 heterocycles. The standard InChI is InChI=1S/C6H11ClN2/c1-6(2,5-8)9-4-3-7/h9H,3-4H2,1-2H3. The lowest BCUT2D eigenvalue weighted by molar-refractivity contribution is 0.504. The smallest absolute Gasteiger partial charge is 0.101 e. The van der Waals surface area contributed by atoms with Gasteiger partial charge in [0, 0.05) is 12.4 Å². The average Bonchev–Trinajstić information content (AvgIpc) is 1.84. The van der Waals surface area contributed by atoms with E-state index < -0.39 is 5.54 Å². The molecule has 0 aromatic heterocycles. The zero-order valence-electron chi connectivity index (χ0n) is 5.74. The lowest BCUT2D eigenvalue weighted by Gasteiger charge is -2.15. The van der Waals surface area contributed by atoms with Gasteiger partial charge in [-0.15, -0.1) is 11.6 Å². The summed E-state index contributed by atoms with van der Waals surface area (Å²) in [5, 5.41) is 11.4. The maximum Gasteiger partial charge on any atom is 0.101 e. The fraction of sp³-hybridized carbons (Fsp3) is 0.833. The van der Waals surface area contributed by atoms with E-state index in [9.17, 15) is 0 Å². The van der Waals surface area contributed by atoms with E-state index in [1.165, 1.54) is 0 Å². The lowest BCUT2D eigenvalue weighted by Crippen LogP contribution is -2.38. The largest absolute Gasteiger partial charge is 0.299 e. The molecule has 9 heavy (non-hydrogen) atoms. The van der Waals surface area contributed by atoms with Gasteiger partial charge in [-0.2, -0.15) is 5.26 Å². The summed E-state index contributed by atoms with van der Waals surface area (Å²) in [7, 11) is 0. The maximum atomic E-state index is 8.47. The molecule has 0 unspecified atom stereocenters. The molecule has 0 fully saturated rings. The van der Waals surface area contributed by atoms with E-state index in [1.807, 2.05) is 13.8 Å². The Kier molecular flexibility index (Phi) is 3.60. The molecule has 2 nitrogen and oxygen atoms in total.